The standard InChI is InChI=1S/C23H38N4O3/c1-6-24-22(26-17-23(13-7-8-14-23)21(28)27(2)3)25-15-9-10-18-11-12-19(29-4)20(16-18)30-5/h11-12,16H,6-10,13-15,17H2,1-5H3,(H2,24,25,26). The lowest BCUT2D eigenvalue weighted by Crippen LogP contribution is -2.43. The van der Waals surface area contributed by atoms with E-state index >= 15 is 0 Å². The second-order valence-corrected chi connectivity index (χ2v) is 8.10. The van der Waals surface area contributed by atoms with Gasteiger partial charge in [0.1, 0.15) is 0 Å². The van der Waals surface area contributed by atoms with Gasteiger partial charge in [-0.2, -0.15) is 0 Å². The quantitative estimate of drug-likeness (QED) is 0.347. The van der Waals surface area contributed by atoms with Gasteiger partial charge in [-0.15, -0.1) is 0 Å². The lowest BCUT2D eigenvalue weighted by molar-refractivity contribution is -0.138. The van der Waals surface area contributed by atoms with E-state index in [9.17, 15) is 4.79 Å². The number of amides is 1. The van der Waals surface area contributed by atoms with Gasteiger partial charge >= 0.3 is 0 Å². The Labute approximate surface area is 181 Å². The molecular weight excluding hydrogens is 380 g/mol. The van der Waals surface area contributed by atoms with Crippen molar-refractivity contribution in [1.82, 2.24) is 15.5 Å². The molecular formula is C23H38N4O3. The Kier molecular flexibility index (Phi) is 9.27. The number of benzene rings is 1. The second kappa shape index (κ2) is 11.7. The number of carbonyl (C=O) groups excluding carboxylic acids is 1. The lowest BCUT2D eigenvalue weighted by Gasteiger charge is -2.29. The predicted octanol–water partition coefficient (Wildman–Crippen LogP) is 2.84. The Bertz CT molecular complexity index is 712. The van der Waals surface area contributed by atoms with E-state index in [4.69, 9.17) is 14.5 Å². The molecule has 1 aromatic carbocycles. The van der Waals surface area contributed by atoms with Crippen LogP contribution in [0, 0.1) is 5.41 Å². The van der Waals surface area contributed by atoms with Crippen molar-refractivity contribution in [2.45, 2.75) is 45.4 Å². The van der Waals surface area contributed by atoms with Crippen LogP contribution in [0.2, 0.25) is 0 Å². The van der Waals surface area contributed by atoms with Gasteiger partial charge in [0.15, 0.2) is 17.5 Å². The van der Waals surface area contributed by atoms with Crippen LogP contribution in [-0.2, 0) is 11.2 Å². The number of methoxy groups -OCH3 is 2. The summed E-state index contributed by atoms with van der Waals surface area (Å²) in [7, 11) is 6.97. The first-order valence-corrected chi connectivity index (χ1v) is 10.9. The Morgan fingerprint density at radius 3 is 2.43 bits per heavy atom. The molecule has 2 N–H and O–H groups in total. The average Bonchev–Trinajstić information content (AvgIpc) is 3.24. The molecule has 0 heterocycles. The van der Waals surface area contributed by atoms with Gasteiger partial charge in [-0.05, 0) is 50.3 Å². The number of rotatable bonds is 10. The zero-order valence-corrected chi connectivity index (χ0v) is 19.2. The van der Waals surface area contributed by atoms with E-state index in [2.05, 4.69) is 23.6 Å². The number of hydrogen-bond acceptors (Lipinski definition) is 4. The van der Waals surface area contributed by atoms with Gasteiger partial charge in [0.05, 0.1) is 26.2 Å². The van der Waals surface area contributed by atoms with Gasteiger partial charge in [-0.25, -0.2) is 0 Å². The second-order valence-electron chi connectivity index (χ2n) is 8.10. The van der Waals surface area contributed by atoms with Gasteiger partial charge in [0.2, 0.25) is 5.91 Å². The zero-order valence-electron chi connectivity index (χ0n) is 19.2. The van der Waals surface area contributed by atoms with Crippen LogP contribution in [0.3, 0.4) is 0 Å². The summed E-state index contributed by atoms with van der Waals surface area (Å²) >= 11 is 0. The van der Waals surface area contributed by atoms with Crippen molar-refractivity contribution in [1.29, 1.82) is 0 Å². The minimum Gasteiger partial charge on any atom is -0.493 e. The molecule has 0 spiro atoms. The first kappa shape index (κ1) is 23.8. The smallest absolute Gasteiger partial charge is 0.230 e. The van der Waals surface area contributed by atoms with Crippen molar-refractivity contribution < 1.29 is 14.3 Å². The topological polar surface area (TPSA) is 75.2 Å². The first-order chi connectivity index (χ1) is 14.5. The molecule has 0 unspecified atom stereocenters. The maximum absolute atomic E-state index is 12.7. The Morgan fingerprint density at radius 1 is 1.13 bits per heavy atom. The lowest BCUT2D eigenvalue weighted by atomic mass is 9.85. The van der Waals surface area contributed by atoms with Crippen LogP contribution in [-0.4, -0.2) is 64.7 Å². The SMILES string of the molecule is CCNC(=NCC1(C(=O)N(C)C)CCCC1)NCCCc1ccc(OC)c(OC)c1. The van der Waals surface area contributed by atoms with E-state index in [1.165, 1.54) is 5.56 Å². The predicted molar refractivity (Wildman–Crippen MR) is 121 cm³/mol. The van der Waals surface area contributed by atoms with Crippen molar-refractivity contribution in [2.75, 3.05) is 47.9 Å². The van der Waals surface area contributed by atoms with E-state index in [1.54, 1.807) is 19.1 Å². The molecule has 1 aliphatic carbocycles. The van der Waals surface area contributed by atoms with Gasteiger partial charge < -0.3 is 25.0 Å². The Morgan fingerprint density at radius 2 is 1.83 bits per heavy atom. The van der Waals surface area contributed by atoms with Gasteiger partial charge in [0.25, 0.3) is 0 Å². The fourth-order valence-electron chi connectivity index (χ4n) is 4.07. The van der Waals surface area contributed by atoms with E-state index in [-0.39, 0.29) is 11.3 Å². The highest BCUT2D eigenvalue weighted by atomic mass is 16.5. The minimum atomic E-state index is -0.342. The Balaban J connectivity index is 1.91. The molecule has 0 radical (unpaired) electrons. The van der Waals surface area contributed by atoms with Crippen LogP contribution in [0.4, 0.5) is 0 Å². The number of aryl methyl sites for hydroxylation is 1. The third-order valence-electron chi connectivity index (χ3n) is 5.69. The fraction of sp³-hybridized carbons (Fsp3) is 0.652. The molecule has 1 fully saturated rings. The van der Waals surface area contributed by atoms with Crippen LogP contribution in [0.15, 0.2) is 23.2 Å². The summed E-state index contributed by atoms with van der Waals surface area (Å²) in [5.74, 6) is 2.48. The van der Waals surface area contributed by atoms with Gasteiger partial charge in [-0.3, -0.25) is 9.79 Å². The summed E-state index contributed by atoms with van der Waals surface area (Å²) in [6.07, 6.45) is 5.94. The maximum atomic E-state index is 12.7. The molecule has 0 aliphatic heterocycles. The molecule has 0 aromatic heterocycles. The van der Waals surface area contributed by atoms with Gasteiger partial charge in [0, 0.05) is 27.2 Å². The van der Waals surface area contributed by atoms with Crippen LogP contribution in [0.1, 0.15) is 44.6 Å². The molecule has 30 heavy (non-hydrogen) atoms. The largest absolute Gasteiger partial charge is 0.493 e. The number of aliphatic imine (C=N–C) groups is 1. The molecule has 7 nitrogen and oxygen atoms in total. The van der Waals surface area contributed by atoms with Crippen LogP contribution in [0.5, 0.6) is 11.5 Å². The number of nitrogens with one attached hydrogen (secondary N) is 2. The normalized spacial score (nSPS) is 15.6. The molecule has 1 amide bonds. The highest BCUT2D eigenvalue weighted by Gasteiger charge is 2.42. The van der Waals surface area contributed by atoms with E-state index in [1.807, 2.05) is 26.2 Å². The minimum absolute atomic E-state index is 0.202. The van der Waals surface area contributed by atoms with E-state index < -0.39 is 0 Å². The average molecular weight is 419 g/mol. The molecule has 2 rings (SSSR count). The summed E-state index contributed by atoms with van der Waals surface area (Å²) in [5, 5.41) is 6.71. The molecule has 0 saturated heterocycles. The number of carbonyl (C=O) groups is 1. The summed E-state index contributed by atoms with van der Waals surface area (Å²) in [5.41, 5.74) is 0.865. The van der Waals surface area contributed by atoms with Crippen molar-refractivity contribution in [3.63, 3.8) is 0 Å². The van der Waals surface area contributed by atoms with Gasteiger partial charge in [-0.1, -0.05) is 18.9 Å². The third-order valence-corrected chi connectivity index (χ3v) is 5.69. The van der Waals surface area contributed by atoms with Crippen LogP contribution >= 0.6 is 0 Å². The monoisotopic (exact) mass is 418 g/mol. The molecule has 1 aliphatic rings. The third kappa shape index (κ3) is 6.28. The van der Waals surface area contributed by atoms with Crippen LogP contribution < -0.4 is 20.1 Å². The highest BCUT2D eigenvalue weighted by Crippen LogP contribution is 2.39. The summed E-state index contributed by atoms with van der Waals surface area (Å²) in [4.78, 5) is 19.2. The highest BCUT2D eigenvalue weighted by molar-refractivity contribution is 5.84. The number of guanidine groups is 1. The maximum Gasteiger partial charge on any atom is 0.230 e. The van der Waals surface area contributed by atoms with E-state index in [0.717, 1.165) is 69.1 Å². The number of ether oxygens (including phenoxy) is 2. The summed E-state index contributed by atoms with van der Waals surface area (Å²) in [6.45, 7) is 4.18. The van der Waals surface area contributed by atoms with Crippen molar-refractivity contribution in [2.24, 2.45) is 10.4 Å². The first-order valence-electron chi connectivity index (χ1n) is 10.9. The van der Waals surface area contributed by atoms with Crippen molar-refractivity contribution >= 4 is 11.9 Å². The summed E-state index contributed by atoms with van der Waals surface area (Å²) < 4.78 is 10.7. The molecule has 168 valence electrons. The number of nitrogens with zero attached hydrogens (tertiary/aromatic N) is 2. The zero-order chi connectivity index (χ0) is 22.0. The number of hydrogen-bond donors (Lipinski definition) is 2. The molecule has 7 heteroatoms. The molecule has 1 saturated carbocycles. The molecule has 1 aromatic rings. The van der Waals surface area contributed by atoms with Crippen molar-refractivity contribution in [3.8, 4) is 11.5 Å². The van der Waals surface area contributed by atoms with Crippen LogP contribution in [0.25, 0.3) is 0 Å². The van der Waals surface area contributed by atoms with Crippen molar-refractivity contribution in [3.05, 3.63) is 23.8 Å². The Hall–Kier alpha value is -2.44. The summed E-state index contributed by atoms with van der Waals surface area (Å²) in [6, 6.07) is 6.03. The fourth-order valence-corrected chi connectivity index (χ4v) is 4.07. The van der Waals surface area contributed by atoms with E-state index in [0.29, 0.717) is 6.54 Å². The molecule has 0 atom stereocenters. The molecule has 0 bridgehead atoms.